The van der Waals surface area contributed by atoms with Gasteiger partial charge in [-0.3, -0.25) is 15.1 Å². The first-order chi connectivity index (χ1) is 9.13. The number of aryl methyl sites for hydroxylation is 1. The van der Waals surface area contributed by atoms with Crippen LogP contribution >= 0.6 is 0 Å². The number of aromatic nitrogens is 3. The third kappa shape index (κ3) is 2.65. The van der Waals surface area contributed by atoms with Gasteiger partial charge in [-0.25, -0.2) is 9.97 Å². The highest BCUT2D eigenvalue weighted by atomic mass is 16.6. The van der Waals surface area contributed by atoms with Gasteiger partial charge in [0.15, 0.2) is 5.69 Å². The Hall–Kier alpha value is -2.57. The number of hydrogen-bond acceptors (Lipinski definition) is 6. The Balaban J connectivity index is 2.59. The zero-order valence-corrected chi connectivity index (χ0v) is 10.6. The second-order valence-electron chi connectivity index (χ2n) is 3.90. The van der Waals surface area contributed by atoms with Crippen LogP contribution in [0.3, 0.4) is 0 Å². The van der Waals surface area contributed by atoms with Gasteiger partial charge in [-0.05, 0) is 26.0 Å². The molecule has 0 amide bonds. The van der Waals surface area contributed by atoms with E-state index >= 15 is 0 Å². The van der Waals surface area contributed by atoms with Crippen LogP contribution in [-0.4, -0.2) is 26.4 Å². The van der Waals surface area contributed by atoms with Crippen LogP contribution in [0.4, 0.5) is 11.5 Å². The molecule has 2 aromatic rings. The molecule has 0 atom stereocenters. The second-order valence-corrected chi connectivity index (χ2v) is 3.90. The number of nitrogens with zero attached hydrogens (tertiary/aromatic N) is 4. The van der Waals surface area contributed by atoms with E-state index in [9.17, 15) is 10.1 Å². The highest BCUT2D eigenvalue weighted by Gasteiger charge is 2.23. The van der Waals surface area contributed by atoms with E-state index in [1.54, 1.807) is 18.3 Å². The van der Waals surface area contributed by atoms with E-state index in [0.29, 0.717) is 12.1 Å². The molecule has 0 unspecified atom stereocenters. The fraction of sp³-hybridized carbons (Fsp3) is 0.250. The number of pyridine rings is 1. The third-order valence-electron chi connectivity index (χ3n) is 2.53. The van der Waals surface area contributed by atoms with Crippen LogP contribution in [0.1, 0.15) is 12.6 Å². The number of hydrogen-bond donors (Lipinski definition) is 1. The Bertz CT molecular complexity index is 598. The standard InChI is InChI=1S/C12H13N5O2/c1-3-13-12-11(17(18)19)10(15-7-16-12)9-5-4-8(2)14-6-9/h4-7H,3H2,1-2H3,(H,13,15,16). The van der Waals surface area contributed by atoms with Gasteiger partial charge in [-0.15, -0.1) is 0 Å². The van der Waals surface area contributed by atoms with Crippen molar-refractivity contribution in [3.05, 3.63) is 40.5 Å². The first kappa shape index (κ1) is 12.9. The summed E-state index contributed by atoms with van der Waals surface area (Å²) < 4.78 is 0. The molecule has 0 aliphatic heterocycles. The van der Waals surface area contributed by atoms with Gasteiger partial charge in [0.25, 0.3) is 0 Å². The van der Waals surface area contributed by atoms with Crippen molar-refractivity contribution in [1.82, 2.24) is 15.0 Å². The van der Waals surface area contributed by atoms with Crippen LogP contribution < -0.4 is 5.32 Å². The largest absolute Gasteiger partial charge is 0.365 e. The van der Waals surface area contributed by atoms with Crippen molar-refractivity contribution in [3.63, 3.8) is 0 Å². The molecule has 0 spiro atoms. The maximum Gasteiger partial charge on any atom is 0.337 e. The lowest BCUT2D eigenvalue weighted by Gasteiger charge is -2.06. The minimum absolute atomic E-state index is 0.130. The van der Waals surface area contributed by atoms with Gasteiger partial charge in [0, 0.05) is 24.0 Å². The van der Waals surface area contributed by atoms with Gasteiger partial charge in [0.05, 0.1) is 4.92 Å². The van der Waals surface area contributed by atoms with Gasteiger partial charge < -0.3 is 5.32 Å². The monoisotopic (exact) mass is 259 g/mol. The summed E-state index contributed by atoms with van der Waals surface area (Å²) in [5.74, 6) is 0.220. The summed E-state index contributed by atoms with van der Waals surface area (Å²) in [6.45, 7) is 4.24. The summed E-state index contributed by atoms with van der Waals surface area (Å²) in [5.41, 5.74) is 1.57. The van der Waals surface area contributed by atoms with E-state index in [0.717, 1.165) is 5.69 Å². The molecular formula is C12H13N5O2. The Labute approximate surface area is 109 Å². The van der Waals surface area contributed by atoms with Gasteiger partial charge in [-0.1, -0.05) is 0 Å². The van der Waals surface area contributed by atoms with Crippen LogP contribution in [0, 0.1) is 17.0 Å². The molecule has 1 N–H and O–H groups in total. The van der Waals surface area contributed by atoms with Crippen molar-refractivity contribution in [1.29, 1.82) is 0 Å². The van der Waals surface area contributed by atoms with E-state index in [4.69, 9.17) is 0 Å². The maximum atomic E-state index is 11.2. The minimum atomic E-state index is -0.479. The van der Waals surface area contributed by atoms with Gasteiger partial charge in [-0.2, -0.15) is 0 Å². The van der Waals surface area contributed by atoms with Crippen molar-refractivity contribution in [2.75, 3.05) is 11.9 Å². The molecule has 7 nitrogen and oxygen atoms in total. The zero-order valence-electron chi connectivity index (χ0n) is 10.6. The first-order valence-electron chi connectivity index (χ1n) is 5.79. The zero-order chi connectivity index (χ0) is 13.8. The minimum Gasteiger partial charge on any atom is -0.365 e. The average Bonchev–Trinajstić information content (AvgIpc) is 2.39. The molecule has 98 valence electrons. The molecule has 0 aliphatic carbocycles. The lowest BCUT2D eigenvalue weighted by molar-refractivity contribution is -0.383. The molecule has 0 fully saturated rings. The van der Waals surface area contributed by atoms with E-state index in [1.807, 2.05) is 13.8 Å². The van der Waals surface area contributed by atoms with Gasteiger partial charge in [0.2, 0.25) is 5.82 Å². The number of anilines is 1. The number of nitro groups is 1. The van der Waals surface area contributed by atoms with E-state index in [2.05, 4.69) is 20.3 Å². The predicted octanol–water partition coefficient (Wildman–Crippen LogP) is 2.19. The summed E-state index contributed by atoms with van der Waals surface area (Å²) in [6, 6.07) is 3.54. The van der Waals surface area contributed by atoms with Crippen LogP contribution in [0.5, 0.6) is 0 Å². The number of rotatable bonds is 4. The lowest BCUT2D eigenvalue weighted by Crippen LogP contribution is -2.06. The summed E-state index contributed by atoms with van der Waals surface area (Å²) in [5, 5.41) is 14.1. The normalized spacial score (nSPS) is 10.2. The van der Waals surface area contributed by atoms with Crippen LogP contribution in [0.25, 0.3) is 11.3 Å². The topological polar surface area (TPSA) is 93.8 Å². The molecule has 0 aromatic carbocycles. The van der Waals surface area contributed by atoms with Crippen LogP contribution in [0.2, 0.25) is 0 Å². The summed E-state index contributed by atoms with van der Waals surface area (Å²) in [4.78, 5) is 22.8. The Morgan fingerprint density at radius 3 is 2.68 bits per heavy atom. The summed E-state index contributed by atoms with van der Waals surface area (Å²) in [7, 11) is 0. The van der Waals surface area contributed by atoms with E-state index < -0.39 is 4.92 Å². The van der Waals surface area contributed by atoms with E-state index in [-0.39, 0.29) is 17.2 Å². The molecule has 0 aliphatic rings. The Kier molecular flexibility index (Phi) is 3.65. The van der Waals surface area contributed by atoms with Crippen molar-refractivity contribution < 1.29 is 4.92 Å². The molecule has 19 heavy (non-hydrogen) atoms. The van der Waals surface area contributed by atoms with Crippen molar-refractivity contribution in [3.8, 4) is 11.3 Å². The summed E-state index contributed by atoms with van der Waals surface area (Å²) in [6.07, 6.45) is 2.88. The second kappa shape index (κ2) is 5.38. The molecule has 2 heterocycles. The molecule has 2 aromatic heterocycles. The first-order valence-corrected chi connectivity index (χ1v) is 5.79. The average molecular weight is 259 g/mol. The third-order valence-corrected chi connectivity index (χ3v) is 2.53. The fourth-order valence-corrected chi connectivity index (χ4v) is 1.67. The number of nitrogens with one attached hydrogen (secondary N) is 1. The lowest BCUT2D eigenvalue weighted by atomic mass is 10.1. The van der Waals surface area contributed by atoms with Crippen LogP contribution in [-0.2, 0) is 0 Å². The SMILES string of the molecule is CCNc1ncnc(-c2ccc(C)nc2)c1[N+](=O)[O-]. The Morgan fingerprint density at radius 2 is 2.11 bits per heavy atom. The highest BCUT2D eigenvalue weighted by molar-refractivity contribution is 5.76. The molecule has 7 heteroatoms. The van der Waals surface area contributed by atoms with Crippen molar-refractivity contribution in [2.24, 2.45) is 0 Å². The van der Waals surface area contributed by atoms with Crippen molar-refractivity contribution >= 4 is 11.5 Å². The fourth-order valence-electron chi connectivity index (χ4n) is 1.67. The highest BCUT2D eigenvalue weighted by Crippen LogP contribution is 2.32. The summed E-state index contributed by atoms with van der Waals surface area (Å²) >= 11 is 0. The Morgan fingerprint density at radius 1 is 1.32 bits per heavy atom. The maximum absolute atomic E-state index is 11.2. The molecular weight excluding hydrogens is 246 g/mol. The van der Waals surface area contributed by atoms with Crippen LogP contribution in [0.15, 0.2) is 24.7 Å². The van der Waals surface area contributed by atoms with E-state index in [1.165, 1.54) is 6.33 Å². The van der Waals surface area contributed by atoms with Crippen molar-refractivity contribution in [2.45, 2.75) is 13.8 Å². The molecule has 0 radical (unpaired) electrons. The van der Waals surface area contributed by atoms with Gasteiger partial charge >= 0.3 is 5.69 Å². The predicted molar refractivity (Wildman–Crippen MR) is 70.8 cm³/mol. The smallest absolute Gasteiger partial charge is 0.337 e. The quantitative estimate of drug-likeness (QED) is 0.668. The molecule has 0 saturated heterocycles. The molecule has 2 rings (SSSR count). The molecule has 0 bridgehead atoms. The van der Waals surface area contributed by atoms with Gasteiger partial charge in [0.1, 0.15) is 6.33 Å². The molecule has 0 saturated carbocycles.